The van der Waals surface area contributed by atoms with E-state index in [-0.39, 0.29) is 5.82 Å². The molecule has 0 spiro atoms. The van der Waals surface area contributed by atoms with E-state index < -0.39 is 0 Å². The molecule has 0 unspecified atom stereocenters. The summed E-state index contributed by atoms with van der Waals surface area (Å²) in [4.78, 5) is 9.11. The monoisotopic (exact) mass is 449 g/mol. The van der Waals surface area contributed by atoms with E-state index in [0.29, 0.717) is 10.3 Å². The van der Waals surface area contributed by atoms with Crippen LogP contribution in [0.25, 0.3) is 11.4 Å². The number of rotatable bonds is 4. The predicted octanol–water partition coefficient (Wildman–Crippen LogP) is 4.64. The number of anilines is 1. The molecule has 0 amide bonds. The largest absolute Gasteiger partial charge is 0.369 e. The Hall–Kier alpha value is -0.760. The van der Waals surface area contributed by atoms with Crippen LogP contribution in [0.5, 0.6) is 0 Å². The maximum absolute atomic E-state index is 13.3. The van der Waals surface area contributed by atoms with Crippen LogP contribution in [0.1, 0.15) is 19.5 Å². The molecule has 3 nitrogen and oxygen atoms in total. The number of nitrogens with one attached hydrogen (secondary N) is 1. The van der Waals surface area contributed by atoms with Crippen molar-refractivity contribution in [2.24, 2.45) is 0 Å². The van der Waals surface area contributed by atoms with Gasteiger partial charge >= 0.3 is 0 Å². The van der Waals surface area contributed by atoms with Crippen LogP contribution in [0, 0.1) is 9.39 Å². The van der Waals surface area contributed by atoms with Gasteiger partial charge in [0.05, 0.1) is 13.7 Å². The van der Waals surface area contributed by atoms with Gasteiger partial charge in [0.1, 0.15) is 11.6 Å². The van der Waals surface area contributed by atoms with Crippen LogP contribution in [0.2, 0.25) is 0 Å². The highest BCUT2D eigenvalue weighted by molar-refractivity contribution is 14.1. The first-order valence-corrected chi connectivity index (χ1v) is 8.19. The highest BCUT2D eigenvalue weighted by Crippen LogP contribution is 2.27. The number of aryl methyl sites for hydroxylation is 1. The van der Waals surface area contributed by atoms with Crippen molar-refractivity contribution in [3.63, 3.8) is 0 Å². The molecule has 106 valence electrons. The second-order valence-electron chi connectivity index (χ2n) is 4.17. The number of benzene rings is 1. The molecule has 0 fully saturated rings. The molecule has 0 aliphatic rings. The minimum absolute atomic E-state index is 0.290. The maximum Gasteiger partial charge on any atom is 0.161 e. The summed E-state index contributed by atoms with van der Waals surface area (Å²) in [5.41, 5.74) is 1.79. The molecular weight excluding hydrogens is 436 g/mol. The van der Waals surface area contributed by atoms with Crippen LogP contribution >= 0.6 is 38.5 Å². The van der Waals surface area contributed by atoms with Crippen LogP contribution in [-0.2, 0) is 6.42 Å². The molecule has 1 N–H and O–H groups in total. The van der Waals surface area contributed by atoms with E-state index in [1.807, 2.05) is 6.92 Å². The summed E-state index contributed by atoms with van der Waals surface area (Å²) in [6.45, 7) is 4.88. The van der Waals surface area contributed by atoms with Gasteiger partial charge < -0.3 is 5.32 Å². The first-order chi connectivity index (χ1) is 9.56. The number of nitrogens with zero attached hydrogens (tertiary/aromatic N) is 2. The Balaban J connectivity index is 2.55. The first-order valence-electron chi connectivity index (χ1n) is 6.32. The molecule has 1 aromatic carbocycles. The van der Waals surface area contributed by atoms with Crippen molar-refractivity contribution in [2.75, 3.05) is 11.9 Å². The molecule has 0 aliphatic carbocycles. The summed E-state index contributed by atoms with van der Waals surface area (Å²) in [6, 6.07) is 4.81. The fraction of sp³-hybridized carbons (Fsp3) is 0.286. The lowest BCUT2D eigenvalue weighted by molar-refractivity contribution is 0.621. The summed E-state index contributed by atoms with van der Waals surface area (Å²) in [5.74, 6) is 1.15. The van der Waals surface area contributed by atoms with Gasteiger partial charge in [-0.1, -0.05) is 6.92 Å². The smallest absolute Gasteiger partial charge is 0.161 e. The molecule has 0 radical (unpaired) electrons. The summed E-state index contributed by atoms with van der Waals surface area (Å²) in [7, 11) is 0. The molecule has 2 aromatic rings. The topological polar surface area (TPSA) is 37.8 Å². The first kappa shape index (κ1) is 15.6. The van der Waals surface area contributed by atoms with Gasteiger partial charge in [0.25, 0.3) is 0 Å². The van der Waals surface area contributed by atoms with Crippen molar-refractivity contribution in [3.05, 3.63) is 37.8 Å². The maximum atomic E-state index is 13.3. The average molecular weight is 450 g/mol. The lowest BCUT2D eigenvalue weighted by atomic mass is 10.2. The van der Waals surface area contributed by atoms with Gasteiger partial charge in [-0.25, -0.2) is 14.4 Å². The van der Waals surface area contributed by atoms with Crippen molar-refractivity contribution < 1.29 is 4.39 Å². The van der Waals surface area contributed by atoms with Crippen molar-refractivity contribution in [2.45, 2.75) is 20.3 Å². The van der Waals surface area contributed by atoms with Crippen molar-refractivity contribution >= 4 is 44.3 Å². The third-order valence-corrected chi connectivity index (χ3v) is 4.52. The standard InChI is InChI=1S/C14H14BrFIN3/c1-3-11-12(17)14(18-4-2)20-13(19-11)8-5-6-10(16)9(15)7-8/h5-7H,3-4H2,1-2H3,(H,18,19,20). The zero-order chi connectivity index (χ0) is 14.7. The Morgan fingerprint density at radius 2 is 2.05 bits per heavy atom. The van der Waals surface area contributed by atoms with Gasteiger partial charge in [-0.2, -0.15) is 0 Å². The molecule has 20 heavy (non-hydrogen) atoms. The van der Waals surface area contributed by atoms with E-state index >= 15 is 0 Å². The zero-order valence-corrected chi connectivity index (χ0v) is 14.9. The lowest BCUT2D eigenvalue weighted by Gasteiger charge is -2.11. The summed E-state index contributed by atoms with van der Waals surface area (Å²) in [6.07, 6.45) is 0.828. The minimum atomic E-state index is -0.290. The van der Waals surface area contributed by atoms with Gasteiger partial charge in [-0.05, 0) is 70.1 Å². The summed E-state index contributed by atoms with van der Waals surface area (Å²) in [5, 5.41) is 3.24. The zero-order valence-electron chi connectivity index (χ0n) is 11.2. The van der Waals surface area contributed by atoms with E-state index in [1.165, 1.54) is 6.07 Å². The molecule has 0 aliphatic heterocycles. The fourth-order valence-corrected chi connectivity index (χ4v) is 2.97. The molecule has 6 heteroatoms. The SMILES string of the molecule is CCNc1nc(-c2ccc(F)c(Br)c2)nc(CC)c1I. The summed E-state index contributed by atoms with van der Waals surface area (Å²) >= 11 is 5.45. The molecular formula is C14H14BrFIN3. The number of aromatic nitrogens is 2. The Bertz CT molecular complexity index is 634. The Kier molecular flexibility index (Phi) is 5.31. The molecule has 1 aromatic heterocycles. The number of hydrogen-bond acceptors (Lipinski definition) is 3. The second kappa shape index (κ2) is 6.80. The summed E-state index contributed by atoms with van der Waals surface area (Å²) < 4.78 is 14.8. The normalized spacial score (nSPS) is 10.7. The van der Waals surface area contributed by atoms with Crippen molar-refractivity contribution in [1.29, 1.82) is 0 Å². The average Bonchev–Trinajstić information content (AvgIpc) is 2.44. The van der Waals surface area contributed by atoms with Crippen LogP contribution in [-0.4, -0.2) is 16.5 Å². The van der Waals surface area contributed by atoms with Crippen LogP contribution in [0.15, 0.2) is 22.7 Å². The van der Waals surface area contributed by atoms with Crippen LogP contribution < -0.4 is 5.32 Å². The predicted molar refractivity (Wildman–Crippen MR) is 91.4 cm³/mol. The molecule has 0 saturated carbocycles. The molecule has 0 atom stereocenters. The Morgan fingerprint density at radius 3 is 2.65 bits per heavy atom. The van der Waals surface area contributed by atoms with E-state index in [4.69, 9.17) is 0 Å². The van der Waals surface area contributed by atoms with E-state index in [0.717, 1.165) is 33.6 Å². The van der Waals surface area contributed by atoms with Crippen molar-refractivity contribution in [1.82, 2.24) is 9.97 Å². The highest BCUT2D eigenvalue weighted by atomic mass is 127. The fourth-order valence-electron chi connectivity index (χ4n) is 1.78. The van der Waals surface area contributed by atoms with E-state index in [9.17, 15) is 4.39 Å². The van der Waals surface area contributed by atoms with Crippen LogP contribution in [0.3, 0.4) is 0 Å². The van der Waals surface area contributed by atoms with E-state index in [2.05, 4.69) is 60.7 Å². The molecule has 2 rings (SSSR count). The quantitative estimate of drug-likeness (QED) is 0.690. The van der Waals surface area contributed by atoms with E-state index in [1.54, 1.807) is 12.1 Å². The minimum Gasteiger partial charge on any atom is -0.369 e. The molecule has 0 saturated heterocycles. The number of hydrogen-bond donors (Lipinski definition) is 1. The Labute approximate surface area is 139 Å². The third-order valence-electron chi connectivity index (χ3n) is 2.78. The van der Waals surface area contributed by atoms with Gasteiger partial charge in [0.15, 0.2) is 5.82 Å². The van der Waals surface area contributed by atoms with Crippen LogP contribution in [0.4, 0.5) is 10.2 Å². The number of halogens is 3. The second-order valence-corrected chi connectivity index (χ2v) is 6.10. The van der Waals surface area contributed by atoms with Gasteiger partial charge in [0.2, 0.25) is 0 Å². The molecule has 1 heterocycles. The van der Waals surface area contributed by atoms with Gasteiger partial charge in [-0.15, -0.1) is 0 Å². The highest BCUT2D eigenvalue weighted by Gasteiger charge is 2.13. The van der Waals surface area contributed by atoms with Gasteiger partial charge in [0, 0.05) is 12.1 Å². The van der Waals surface area contributed by atoms with Crippen molar-refractivity contribution in [3.8, 4) is 11.4 Å². The van der Waals surface area contributed by atoms with Gasteiger partial charge in [-0.3, -0.25) is 0 Å². The Morgan fingerprint density at radius 1 is 1.30 bits per heavy atom. The lowest BCUT2D eigenvalue weighted by Crippen LogP contribution is -2.07. The molecule has 0 bridgehead atoms. The third kappa shape index (κ3) is 3.28.